The van der Waals surface area contributed by atoms with Crippen LogP contribution < -0.4 is 15.4 Å². The second kappa shape index (κ2) is 12.6. The number of aryl methyl sites for hydroxylation is 1. The molecule has 0 saturated heterocycles. The number of ether oxygens (including phenoxy) is 2. The van der Waals surface area contributed by atoms with Gasteiger partial charge < -0.3 is 20.1 Å². The van der Waals surface area contributed by atoms with Crippen LogP contribution in [0.5, 0.6) is 5.75 Å². The van der Waals surface area contributed by atoms with Crippen LogP contribution in [0.15, 0.2) is 23.2 Å². The van der Waals surface area contributed by atoms with Crippen molar-refractivity contribution >= 4 is 15.8 Å². The normalized spacial score (nSPS) is 12.1. The molecule has 1 rings (SSSR count). The van der Waals surface area contributed by atoms with Crippen molar-refractivity contribution in [2.24, 2.45) is 4.99 Å². The van der Waals surface area contributed by atoms with Crippen LogP contribution in [0.25, 0.3) is 0 Å². The number of nitrogens with one attached hydrogen (secondary N) is 2. The largest absolute Gasteiger partial charge is 0.491 e. The van der Waals surface area contributed by atoms with Crippen molar-refractivity contribution in [1.82, 2.24) is 10.6 Å². The monoisotopic (exact) mass is 399 g/mol. The highest BCUT2D eigenvalue weighted by Crippen LogP contribution is 2.21. The van der Waals surface area contributed by atoms with Crippen LogP contribution in [0.4, 0.5) is 0 Å². The maximum absolute atomic E-state index is 11.2. The highest BCUT2D eigenvalue weighted by molar-refractivity contribution is 7.90. The van der Waals surface area contributed by atoms with Crippen molar-refractivity contribution in [3.05, 3.63) is 29.3 Å². The Morgan fingerprint density at radius 2 is 1.96 bits per heavy atom. The van der Waals surface area contributed by atoms with Crippen molar-refractivity contribution < 1.29 is 17.9 Å². The molecule has 0 unspecified atom stereocenters. The molecule has 2 N–H and O–H groups in total. The lowest BCUT2D eigenvalue weighted by Gasteiger charge is -2.13. The van der Waals surface area contributed by atoms with Crippen LogP contribution >= 0.6 is 0 Å². The third kappa shape index (κ3) is 10.8. The predicted octanol–water partition coefficient (Wildman–Crippen LogP) is 1.90. The number of guanidine groups is 1. The van der Waals surface area contributed by atoms with Gasteiger partial charge in [0.2, 0.25) is 0 Å². The Balaban J connectivity index is 2.68. The average molecular weight is 400 g/mol. The molecule has 8 heteroatoms. The van der Waals surface area contributed by atoms with Crippen molar-refractivity contribution in [2.45, 2.75) is 33.7 Å². The molecule has 27 heavy (non-hydrogen) atoms. The minimum Gasteiger partial charge on any atom is -0.491 e. The molecule has 0 aliphatic rings. The van der Waals surface area contributed by atoms with Gasteiger partial charge in [0.05, 0.1) is 18.9 Å². The van der Waals surface area contributed by atoms with Gasteiger partial charge in [-0.1, -0.05) is 12.1 Å². The fraction of sp³-hybridized carbons (Fsp3) is 0.632. The number of hydrogen-bond acceptors (Lipinski definition) is 5. The van der Waals surface area contributed by atoms with Crippen LogP contribution in [0, 0.1) is 6.92 Å². The van der Waals surface area contributed by atoms with Crippen LogP contribution in [0.3, 0.4) is 0 Å². The maximum atomic E-state index is 11.2. The molecule has 0 radical (unpaired) electrons. The van der Waals surface area contributed by atoms with Gasteiger partial charge in [0.15, 0.2) is 5.96 Å². The zero-order chi connectivity index (χ0) is 20.1. The van der Waals surface area contributed by atoms with E-state index in [1.807, 2.05) is 39.0 Å². The summed E-state index contributed by atoms with van der Waals surface area (Å²) in [5.74, 6) is 1.63. The van der Waals surface area contributed by atoms with Gasteiger partial charge in [-0.25, -0.2) is 13.4 Å². The lowest BCUT2D eigenvalue weighted by Crippen LogP contribution is -2.38. The number of benzene rings is 1. The van der Waals surface area contributed by atoms with Crippen molar-refractivity contribution in [1.29, 1.82) is 0 Å². The molecule has 154 valence electrons. The standard InChI is InChI=1S/C19H33N3O4S/c1-5-20-19(21-10-7-13-27(4,23)24)22-15-17-9-8-16(3)14-18(17)26-12-11-25-6-2/h8-9,14H,5-7,10-13,15H2,1-4H3,(H2,20,21,22). The number of rotatable bonds is 12. The van der Waals surface area contributed by atoms with E-state index in [1.54, 1.807) is 0 Å². The molecule has 0 amide bonds. The number of aliphatic imine (C=N–C) groups is 1. The Bertz CT molecular complexity index is 690. The first-order valence-corrected chi connectivity index (χ1v) is 11.4. The Labute approximate surface area is 163 Å². The van der Waals surface area contributed by atoms with Gasteiger partial charge in [0, 0.05) is 31.5 Å². The molecule has 0 atom stereocenters. The summed E-state index contributed by atoms with van der Waals surface area (Å²) in [5.41, 5.74) is 2.12. The Morgan fingerprint density at radius 3 is 2.63 bits per heavy atom. The van der Waals surface area contributed by atoms with Gasteiger partial charge in [-0.15, -0.1) is 0 Å². The number of sulfone groups is 1. The van der Waals surface area contributed by atoms with E-state index in [-0.39, 0.29) is 5.75 Å². The molecule has 0 aliphatic heterocycles. The Hall–Kier alpha value is -1.80. The van der Waals surface area contributed by atoms with Gasteiger partial charge in [0.25, 0.3) is 0 Å². The molecule has 0 spiro atoms. The van der Waals surface area contributed by atoms with Crippen LogP contribution in [-0.4, -0.2) is 59.3 Å². The molecule has 1 aromatic rings. The summed E-state index contributed by atoms with van der Waals surface area (Å²) in [5, 5.41) is 6.34. The zero-order valence-electron chi connectivity index (χ0n) is 16.9. The van der Waals surface area contributed by atoms with Gasteiger partial charge in [0.1, 0.15) is 22.2 Å². The highest BCUT2D eigenvalue weighted by atomic mass is 32.2. The molecule has 0 heterocycles. The summed E-state index contributed by atoms with van der Waals surface area (Å²) in [6.45, 7) is 9.43. The summed E-state index contributed by atoms with van der Waals surface area (Å²) in [4.78, 5) is 4.59. The Kier molecular flexibility index (Phi) is 10.8. The van der Waals surface area contributed by atoms with Gasteiger partial charge in [-0.3, -0.25) is 0 Å². The van der Waals surface area contributed by atoms with E-state index in [0.717, 1.165) is 23.4 Å². The first-order valence-electron chi connectivity index (χ1n) is 9.35. The van der Waals surface area contributed by atoms with E-state index in [9.17, 15) is 8.42 Å². The van der Waals surface area contributed by atoms with Crippen LogP contribution in [0.2, 0.25) is 0 Å². The lowest BCUT2D eigenvalue weighted by molar-refractivity contribution is 0.110. The van der Waals surface area contributed by atoms with E-state index >= 15 is 0 Å². The lowest BCUT2D eigenvalue weighted by atomic mass is 10.1. The summed E-state index contributed by atoms with van der Waals surface area (Å²) in [6.07, 6.45) is 1.79. The quantitative estimate of drug-likeness (QED) is 0.317. The molecule has 0 saturated carbocycles. The second-order valence-corrected chi connectivity index (χ2v) is 8.52. The van der Waals surface area contributed by atoms with Crippen LogP contribution in [-0.2, 0) is 21.1 Å². The van der Waals surface area contributed by atoms with E-state index in [0.29, 0.717) is 45.3 Å². The molecular weight excluding hydrogens is 366 g/mol. The maximum Gasteiger partial charge on any atom is 0.191 e. The third-order valence-electron chi connectivity index (χ3n) is 3.65. The fourth-order valence-electron chi connectivity index (χ4n) is 2.33. The first-order chi connectivity index (χ1) is 12.9. The van der Waals surface area contributed by atoms with E-state index in [1.165, 1.54) is 6.26 Å². The predicted molar refractivity (Wildman–Crippen MR) is 110 cm³/mol. The minimum absolute atomic E-state index is 0.162. The van der Waals surface area contributed by atoms with Crippen LogP contribution in [0.1, 0.15) is 31.4 Å². The highest BCUT2D eigenvalue weighted by Gasteiger charge is 2.06. The molecule has 0 fully saturated rings. The topological polar surface area (TPSA) is 89.0 Å². The van der Waals surface area contributed by atoms with E-state index < -0.39 is 9.84 Å². The molecule has 7 nitrogen and oxygen atoms in total. The molecular formula is C19H33N3O4S. The number of nitrogens with zero attached hydrogens (tertiary/aromatic N) is 1. The minimum atomic E-state index is -2.94. The van der Waals surface area contributed by atoms with Crippen molar-refractivity contribution in [2.75, 3.05) is 44.9 Å². The summed E-state index contributed by atoms with van der Waals surface area (Å²) in [6, 6.07) is 6.05. The second-order valence-electron chi connectivity index (χ2n) is 6.26. The Morgan fingerprint density at radius 1 is 1.19 bits per heavy atom. The van der Waals surface area contributed by atoms with Gasteiger partial charge in [-0.2, -0.15) is 0 Å². The van der Waals surface area contributed by atoms with E-state index in [4.69, 9.17) is 9.47 Å². The zero-order valence-corrected chi connectivity index (χ0v) is 17.7. The fourth-order valence-corrected chi connectivity index (χ4v) is 3.00. The van der Waals surface area contributed by atoms with Gasteiger partial charge >= 0.3 is 0 Å². The molecule has 0 aromatic heterocycles. The number of hydrogen-bond donors (Lipinski definition) is 2. The van der Waals surface area contributed by atoms with Crippen molar-refractivity contribution in [3.8, 4) is 5.75 Å². The average Bonchev–Trinajstić information content (AvgIpc) is 2.60. The molecule has 1 aromatic carbocycles. The summed E-state index contributed by atoms with van der Waals surface area (Å²) < 4.78 is 33.6. The van der Waals surface area contributed by atoms with Crippen molar-refractivity contribution in [3.63, 3.8) is 0 Å². The molecule has 0 aliphatic carbocycles. The summed E-state index contributed by atoms with van der Waals surface area (Å²) >= 11 is 0. The first kappa shape index (κ1) is 23.2. The van der Waals surface area contributed by atoms with E-state index in [2.05, 4.69) is 15.6 Å². The summed E-state index contributed by atoms with van der Waals surface area (Å²) in [7, 11) is -2.94. The third-order valence-corrected chi connectivity index (χ3v) is 4.68. The smallest absolute Gasteiger partial charge is 0.191 e. The van der Waals surface area contributed by atoms with Gasteiger partial charge in [-0.05, 0) is 38.8 Å². The SMILES string of the molecule is CCNC(=NCc1ccc(C)cc1OCCOCC)NCCCS(C)(=O)=O. The molecule has 0 bridgehead atoms.